The number of hydrogen-bond acceptors (Lipinski definition) is 1. The molecule has 0 aliphatic heterocycles. The van der Waals surface area contributed by atoms with Crippen LogP contribution in [0.25, 0.3) is 22.2 Å². The Hall–Kier alpha value is -2.13. The van der Waals surface area contributed by atoms with Gasteiger partial charge in [-0.2, -0.15) is 0 Å². The van der Waals surface area contributed by atoms with Crippen molar-refractivity contribution in [1.82, 2.24) is 9.97 Å². The van der Waals surface area contributed by atoms with Crippen LogP contribution < -0.4 is 5.73 Å². The van der Waals surface area contributed by atoms with Gasteiger partial charge in [0, 0.05) is 28.9 Å². The van der Waals surface area contributed by atoms with E-state index >= 15 is 0 Å². The molecule has 0 spiro atoms. The van der Waals surface area contributed by atoms with E-state index in [-0.39, 0.29) is 0 Å². The van der Waals surface area contributed by atoms with Crippen LogP contribution in [0, 0.1) is 0 Å². The molecule has 0 unspecified atom stereocenters. The van der Waals surface area contributed by atoms with Crippen LogP contribution in [0.5, 0.6) is 0 Å². The lowest BCUT2D eigenvalue weighted by Crippen LogP contribution is -2.50. The molecule has 0 aliphatic carbocycles. The number of para-hydroxylation sites is 1. The minimum atomic E-state index is 1.00. The highest BCUT2D eigenvalue weighted by molar-refractivity contribution is 5.90. The van der Waals surface area contributed by atoms with Gasteiger partial charge < -0.3 is 10.7 Å². The fourth-order valence-corrected chi connectivity index (χ4v) is 2.70. The molecule has 3 nitrogen and oxygen atoms in total. The lowest BCUT2D eigenvalue weighted by molar-refractivity contribution is -0.368. The first-order valence-electron chi connectivity index (χ1n) is 7.19. The van der Waals surface area contributed by atoms with Gasteiger partial charge in [0.1, 0.15) is 0 Å². The Morgan fingerprint density at radius 2 is 1.95 bits per heavy atom. The van der Waals surface area contributed by atoms with Crippen LogP contribution >= 0.6 is 0 Å². The largest absolute Gasteiger partial charge is 0.358 e. The monoisotopic (exact) mass is 266 g/mol. The number of rotatable bonds is 5. The first-order valence-corrected chi connectivity index (χ1v) is 7.19. The second-order valence-corrected chi connectivity index (χ2v) is 5.08. The summed E-state index contributed by atoms with van der Waals surface area (Å²) in [4.78, 5) is 7.79. The topological polar surface area (TPSA) is 56.3 Å². The molecule has 0 saturated heterocycles. The first-order chi connectivity index (χ1) is 9.90. The Kier molecular flexibility index (Phi) is 3.79. The zero-order chi connectivity index (χ0) is 13.8. The first kappa shape index (κ1) is 12.9. The number of unbranched alkanes of at least 4 members (excludes halogenated alkanes) is 1. The number of aryl methyl sites for hydroxylation is 1. The summed E-state index contributed by atoms with van der Waals surface area (Å²) in [7, 11) is 0. The Morgan fingerprint density at radius 3 is 2.75 bits per heavy atom. The molecule has 0 amide bonds. The van der Waals surface area contributed by atoms with Crippen molar-refractivity contribution in [1.29, 1.82) is 0 Å². The number of hydrogen-bond donors (Lipinski definition) is 2. The molecule has 20 heavy (non-hydrogen) atoms. The van der Waals surface area contributed by atoms with Crippen LogP contribution in [0.1, 0.15) is 18.4 Å². The SMILES string of the molecule is [NH3+]CCCCc1c(-c2cccnc2)[nH]c2ccccc12. The van der Waals surface area contributed by atoms with E-state index < -0.39 is 0 Å². The van der Waals surface area contributed by atoms with Gasteiger partial charge in [-0.1, -0.05) is 18.2 Å². The van der Waals surface area contributed by atoms with E-state index in [9.17, 15) is 0 Å². The zero-order valence-corrected chi connectivity index (χ0v) is 11.6. The van der Waals surface area contributed by atoms with Gasteiger partial charge in [0.25, 0.3) is 0 Å². The molecule has 102 valence electrons. The molecule has 2 aromatic heterocycles. The summed E-state index contributed by atoms with van der Waals surface area (Å²) in [5.74, 6) is 0. The molecular weight excluding hydrogens is 246 g/mol. The van der Waals surface area contributed by atoms with Crippen molar-refractivity contribution < 1.29 is 5.73 Å². The van der Waals surface area contributed by atoms with Gasteiger partial charge in [-0.3, -0.25) is 4.98 Å². The standard InChI is InChI=1S/C17H19N3/c18-10-4-3-8-15-14-7-1-2-9-16(14)20-17(15)13-6-5-11-19-12-13/h1-2,5-7,9,11-12,20H,3-4,8,10,18H2/p+1. The second-order valence-electron chi connectivity index (χ2n) is 5.08. The summed E-state index contributed by atoms with van der Waals surface area (Å²) >= 11 is 0. The highest BCUT2D eigenvalue weighted by atomic mass is 14.7. The molecule has 2 heterocycles. The van der Waals surface area contributed by atoms with E-state index in [1.807, 2.05) is 18.5 Å². The molecule has 1 aromatic carbocycles. The summed E-state index contributed by atoms with van der Waals surface area (Å²) in [6, 6.07) is 12.6. The summed E-state index contributed by atoms with van der Waals surface area (Å²) in [5, 5.41) is 1.33. The number of benzene rings is 1. The molecule has 0 saturated carbocycles. The normalized spacial score (nSPS) is 11.1. The smallest absolute Gasteiger partial charge is 0.0739 e. The maximum absolute atomic E-state index is 4.24. The van der Waals surface area contributed by atoms with Crippen molar-refractivity contribution in [2.75, 3.05) is 6.54 Å². The molecule has 4 N–H and O–H groups in total. The third-order valence-electron chi connectivity index (χ3n) is 3.69. The lowest BCUT2D eigenvalue weighted by Gasteiger charge is -2.04. The number of aromatic nitrogens is 2. The van der Waals surface area contributed by atoms with Crippen molar-refractivity contribution in [2.45, 2.75) is 19.3 Å². The molecule has 0 radical (unpaired) electrons. The van der Waals surface area contributed by atoms with E-state index in [4.69, 9.17) is 0 Å². The van der Waals surface area contributed by atoms with Crippen molar-refractivity contribution in [3.63, 3.8) is 0 Å². The molecule has 0 bridgehead atoms. The molecule has 0 fully saturated rings. The van der Waals surface area contributed by atoms with E-state index in [2.05, 4.69) is 46.0 Å². The van der Waals surface area contributed by atoms with Gasteiger partial charge in [0.05, 0.1) is 12.2 Å². The van der Waals surface area contributed by atoms with Crippen molar-refractivity contribution in [3.8, 4) is 11.3 Å². The Morgan fingerprint density at radius 1 is 1.05 bits per heavy atom. The number of nitrogens with one attached hydrogen (secondary N) is 1. The molecule has 3 rings (SSSR count). The Balaban J connectivity index is 2.08. The van der Waals surface area contributed by atoms with Gasteiger partial charge in [-0.15, -0.1) is 0 Å². The van der Waals surface area contributed by atoms with Gasteiger partial charge >= 0.3 is 0 Å². The summed E-state index contributed by atoms with van der Waals surface area (Å²) in [6.45, 7) is 1.00. The van der Waals surface area contributed by atoms with Crippen molar-refractivity contribution >= 4 is 10.9 Å². The van der Waals surface area contributed by atoms with Crippen molar-refractivity contribution in [2.24, 2.45) is 0 Å². The molecule has 3 aromatic rings. The van der Waals surface area contributed by atoms with Crippen molar-refractivity contribution in [3.05, 3.63) is 54.4 Å². The highest BCUT2D eigenvalue weighted by Gasteiger charge is 2.12. The fourth-order valence-electron chi connectivity index (χ4n) is 2.70. The number of aromatic amines is 1. The third-order valence-corrected chi connectivity index (χ3v) is 3.69. The van der Waals surface area contributed by atoms with Gasteiger partial charge in [-0.05, 0) is 43.0 Å². The number of nitrogens with zero attached hydrogens (tertiary/aromatic N) is 1. The van der Waals surface area contributed by atoms with Gasteiger partial charge in [0.2, 0.25) is 0 Å². The molecule has 0 atom stereocenters. The number of pyridine rings is 1. The van der Waals surface area contributed by atoms with E-state index in [0.29, 0.717) is 0 Å². The lowest BCUT2D eigenvalue weighted by atomic mass is 10.0. The number of H-pyrrole nitrogens is 1. The van der Waals surface area contributed by atoms with E-state index in [1.54, 1.807) is 0 Å². The maximum atomic E-state index is 4.24. The minimum Gasteiger partial charge on any atom is -0.358 e. The van der Waals surface area contributed by atoms with E-state index in [1.165, 1.54) is 35.0 Å². The zero-order valence-electron chi connectivity index (χ0n) is 11.6. The predicted octanol–water partition coefficient (Wildman–Crippen LogP) is 2.79. The fraction of sp³-hybridized carbons (Fsp3) is 0.235. The number of quaternary nitrogens is 1. The quantitative estimate of drug-likeness (QED) is 0.685. The third kappa shape index (κ3) is 2.45. The molecular formula is C17H20N3+. The highest BCUT2D eigenvalue weighted by Crippen LogP contribution is 2.30. The van der Waals surface area contributed by atoms with Crippen LogP contribution in [0.15, 0.2) is 48.8 Å². The molecule has 0 aliphatic rings. The van der Waals surface area contributed by atoms with Crippen LogP contribution in [0.3, 0.4) is 0 Å². The summed E-state index contributed by atoms with van der Waals surface area (Å²) in [5.41, 5.74) is 8.91. The van der Waals surface area contributed by atoms with Crippen LogP contribution in [-0.4, -0.2) is 16.5 Å². The average Bonchev–Trinajstić information content (AvgIpc) is 2.87. The van der Waals surface area contributed by atoms with E-state index in [0.717, 1.165) is 18.5 Å². The number of fused-ring (bicyclic) bond motifs is 1. The van der Waals surface area contributed by atoms with Crippen LogP contribution in [-0.2, 0) is 6.42 Å². The maximum Gasteiger partial charge on any atom is 0.0739 e. The summed E-state index contributed by atoms with van der Waals surface area (Å²) < 4.78 is 0. The van der Waals surface area contributed by atoms with Crippen LogP contribution in [0.2, 0.25) is 0 Å². The van der Waals surface area contributed by atoms with Gasteiger partial charge in [0.15, 0.2) is 0 Å². The predicted molar refractivity (Wildman–Crippen MR) is 82.2 cm³/mol. The molecule has 3 heteroatoms. The average molecular weight is 266 g/mol. The van der Waals surface area contributed by atoms with Gasteiger partial charge in [-0.25, -0.2) is 0 Å². The second kappa shape index (κ2) is 5.88. The minimum absolute atomic E-state index is 1.00. The Labute approximate surface area is 118 Å². The van der Waals surface area contributed by atoms with Crippen LogP contribution in [0.4, 0.5) is 0 Å². The Bertz CT molecular complexity index is 686. The summed E-state index contributed by atoms with van der Waals surface area (Å²) in [6.07, 6.45) is 7.18.